The molecule has 0 spiro atoms. The largest absolute Gasteiger partial charge is 0.333 e. The number of benzene rings is 4. The zero-order chi connectivity index (χ0) is 24.3. The van der Waals surface area contributed by atoms with E-state index in [9.17, 15) is 8.42 Å². The fourth-order valence-electron chi connectivity index (χ4n) is 4.52. The van der Waals surface area contributed by atoms with Crippen molar-refractivity contribution in [2.45, 2.75) is 17.4 Å². The van der Waals surface area contributed by atoms with Crippen LogP contribution in [-0.4, -0.2) is 19.5 Å². The number of nitrogens with one attached hydrogen (secondary N) is 1. The molecular weight excluding hydrogens is 476 g/mol. The van der Waals surface area contributed by atoms with Crippen molar-refractivity contribution in [3.8, 4) is 0 Å². The van der Waals surface area contributed by atoms with Gasteiger partial charge in [0.05, 0.1) is 10.9 Å². The minimum absolute atomic E-state index is 0.0724. The van der Waals surface area contributed by atoms with Crippen LogP contribution in [-0.2, 0) is 16.4 Å². The van der Waals surface area contributed by atoms with Gasteiger partial charge in [-0.3, -0.25) is 0 Å². The second-order valence-corrected chi connectivity index (χ2v) is 10.6. The highest BCUT2D eigenvalue weighted by atomic mass is 35.5. The van der Waals surface area contributed by atoms with Crippen LogP contribution < -0.4 is 4.72 Å². The van der Waals surface area contributed by atoms with Crippen LogP contribution in [0.5, 0.6) is 0 Å². The highest BCUT2D eigenvalue weighted by Crippen LogP contribution is 2.34. The molecule has 0 aliphatic rings. The van der Waals surface area contributed by atoms with Gasteiger partial charge in [-0.1, -0.05) is 90.5 Å². The lowest BCUT2D eigenvalue weighted by Crippen LogP contribution is -2.27. The van der Waals surface area contributed by atoms with E-state index in [1.807, 2.05) is 54.6 Å². The summed E-state index contributed by atoms with van der Waals surface area (Å²) < 4.78 is 30.6. The smallest absolute Gasteiger partial charge is 0.240 e. The van der Waals surface area contributed by atoms with Gasteiger partial charge in [-0.15, -0.1) is 0 Å². The molecule has 0 fully saturated rings. The number of sulfonamides is 1. The van der Waals surface area contributed by atoms with Gasteiger partial charge >= 0.3 is 0 Å². The predicted molar refractivity (Wildman–Crippen MR) is 142 cm³/mol. The van der Waals surface area contributed by atoms with Crippen molar-refractivity contribution in [3.05, 3.63) is 137 Å². The Bertz CT molecular complexity index is 1490. The number of aromatic nitrogens is 1. The molecule has 0 bridgehead atoms. The Morgan fingerprint density at radius 2 is 1.31 bits per heavy atom. The fraction of sp³-hybridized carbons (Fsp3) is 0.103. The van der Waals surface area contributed by atoms with Crippen LogP contribution in [0.25, 0.3) is 10.9 Å². The Balaban J connectivity index is 1.56. The van der Waals surface area contributed by atoms with Gasteiger partial charge in [0.25, 0.3) is 0 Å². The molecule has 1 heterocycles. The van der Waals surface area contributed by atoms with Crippen LogP contribution in [0.2, 0.25) is 5.02 Å². The summed E-state index contributed by atoms with van der Waals surface area (Å²) in [6, 6.07) is 37.1. The maximum atomic E-state index is 12.8. The molecular formula is C29H25ClN2O2S. The van der Waals surface area contributed by atoms with Crippen LogP contribution in [0.4, 0.5) is 0 Å². The van der Waals surface area contributed by atoms with Crippen molar-refractivity contribution in [1.29, 1.82) is 0 Å². The van der Waals surface area contributed by atoms with Gasteiger partial charge in [-0.05, 0) is 47.5 Å². The Morgan fingerprint density at radius 3 is 1.91 bits per heavy atom. The minimum atomic E-state index is -3.59. The third kappa shape index (κ3) is 5.03. The Labute approximate surface area is 210 Å². The maximum absolute atomic E-state index is 12.8. The van der Waals surface area contributed by atoms with Gasteiger partial charge in [0.1, 0.15) is 0 Å². The van der Waals surface area contributed by atoms with E-state index in [0.717, 1.165) is 27.7 Å². The summed E-state index contributed by atoms with van der Waals surface area (Å²) in [7, 11) is -3.59. The van der Waals surface area contributed by atoms with Crippen molar-refractivity contribution in [2.75, 3.05) is 6.54 Å². The van der Waals surface area contributed by atoms with Crippen LogP contribution in [0.15, 0.2) is 120 Å². The first kappa shape index (κ1) is 23.4. The van der Waals surface area contributed by atoms with Crippen molar-refractivity contribution in [2.24, 2.45) is 0 Å². The molecule has 0 amide bonds. The maximum Gasteiger partial charge on any atom is 0.240 e. The molecule has 0 saturated heterocycles. The van der Waals surface area contributed by atoms with Gasteiger partial charge in [0.15, 0.2) is 0 Å². The van der Waals surface area contributed by atoms with E-state index in [4.69, 9.17) is 11.6 Å². The molecule has 6 heteroatoms. The zero-order valence-corrected chi connectivity index (χ0v) is 20.6. The molecule has 0 aliphatic heterocycles. The first-order valence-electron chi connectivity index (χ1n) is 11.5. The summed E-state index contributed by atoms with van der Waals surface area (Å²) in [5, 5.41) is 1.69. The van der Waals surface area contributed by atoms with Crippen molar-refractivity contribution in [1.82, 2.24) is 9.29 Å². The SMILES string of the molecule is O=S(=O)(NCCc1cc2cc(Cl)ccc2n1C(c1ccccc1)c1ccccc1)c1ccccc1. The lowest BCUT2D eigenvalue weighted by Gasteiger charge is -2.24. The standard InChI is InChI=1S/C29H25ClN2O2S/c30-25-16-17-28-24(20-25)21-26(18-19-31-35(33,34)27-14-8-3-9-15-27)32(28)29(22-10-4-1-5-11-22)23-12-6-2-7-13-23/h1-17,20-21,29,31H,18-19H2. The lowest BCUT2D eigenvalue weighted by molar-refractivity contribution is 0.579. The molecule has 0 aliphatic carbocycles. The number of rotatable bonds is 8. The second kappa shape index (κ2) is 10.1. The highest BCUT2D eigenvalue weighted by molar-refractivity contribution is 7.89. The van der Waals surface area contributed by atoms with E-state index < -0.39 is 10.0 Å². The Hall–Kier alpha value is -3.38. The molecule has 0 atom stereocenters. The molecule has 5 rings (SSSR count). The molecule has 5 aromatic rings. The summed E-state index contributed by atoms with van der Waals surface area (Å²) in [5.74, 6) is 0. The molecule has 0 radical (unpaired) electrons. The predicted octanol–water partition coefficient (Wildman–Crippen LogP) is 6.45. The van der Waals surface area contributed by atoms with E-state index in [1.165, 1.54) is 0 Å². The van der Waals surface area contributed by atoms with E-state index in [-0.39, 0.29) is 17.5 Å². The van der Waals surface area contributed by atoms with Gasteiger partial charge in [0.2, 0.25) is 10.0 Å². The van der Waals surface area contributed by atoms with Gasteiger partial charge < -0.3 is 4.57 Å². The summed E-state index contributed by atoms with van der Waals surface area (Å²) in [5.41, 5.74) is 4.37. The van der Waals surface area contributed by atoms with E-state index in [0.29, 0.717) is 11.4 Å². The second-order valence-electron chi connectivity index (χ2n) is 8.39. The van der Waals surface area contributed by atoms with Crippen LogP contribution in [0, 0.1) is 0 Å². The average molecular weight is 501 g/mol. The van der Waals surface area contributed by atoms with E-state index >= 15 is 0 Å². The number of fused-ring (bicyclic) bond motifs is 1. The molecule has 4 nitrogen and oxygen atoms in total. The van der Waals surface area contributed by atoms with Gasteiger partial charge in [-0.25, -0.2) is 13.1 Å². The van der Waals surface area contributed by atoms with Crippen molar-refractivity contribution < 1.29 is 8.42 Å². The lowest BCUT2D eigenvalue weighted by atomic mass is 9.98. The summed E-state index contributed by atoms with van der Waals surface area (Å²) in [6.45, 7) is 0.275. The summed E-state index contributed by atoms with van der Waals surface area (Å²) in [6.07, 6.45) is 0.522. The molecule has 0 unspecified atom stereocenters. The Morgan fingerprint density at radius 1 is 0.743 bits per heavy atom. The van der Waals surface area contributed by atoms with E-state index in [1.54, 1.807) is 30.3 Å². The topological polar surface area (TPSA) is 51.1 Å². The van der Waals surface area contributed by atoms with Crippen LogP contribution in [0.3, 0.4) is 0 Å². The van der Waals surface area contributed by atoms with Gasteiger partial charge in [0, 0.05) is 34.6 Å². The Kier molecular flexibility index (Phi) is 6.73. The summed E-state index contributed by atoms with van der Waals surface area (Å²) in [4.78, 5) is 0.263. The monoisotopic (exact) mass is 500 g/mol. The molecule has 0 saturated carbocycles. The summed E-state index contributed by atoms with van der Waals surface area (Å²) >= 11 is 6.32. The third-order valence-corrected chi connectivity index (χ3v) is 7.81. The number of halogens is 1. The first-order valence-corrected chi connectivity index (χ1v) is 13.3. The molecule has 35 heavy (non-hydrogen) atoms. The first-order chi connectivity index (χ1) is 17.0. The highest BCUT2D eigenvalue weighted by Gasteiger charge is 2.22. The van der Waals surface area contributed by atoms with Crippen LogP contribution >= 0.6 is 11.6 Å². The molecule has 1 aromatic heterocycles. The number of nitrogens with zero attached hydrogens (tertiary/aromatic N) is 1. The fourth-order valence-corrected chi connectivity index (χ4v) is 5.75. The van der Waals surface area contributed by atoms with E-state index in [2.05, 4.69) is 39.6 Å². The normalized spacial score (nSPS) is 11.8. The zero-order valence-electron chi connectivity index (χ0n) is 19.0. The molecule has 4 aromatic carbocycles. The average Bonchev–Trinajstić information content (AvgIpc) is 3.23. The van der Waals surface area contributed by atoms with Crippen LogP contribution in [0.1, 0.15) is 22.9 Å². The number of hydrogen-bond acceptors (Lipinski definition) is 2. The molecule has 1 N–H and O–H groups in total. The number of hydrogen-bond donors (Lipinski definition) is 1. The van der Waals surface area contributed by atoms with Crippen molar-refractivity contribution in [3.63, 3.8) is 0 Å². The third-order valence-electron chi connectivity index (χ3n) is 6.10. The quantitative estimate of drug-likeness (QED) is 0.266. The molecule has 176 valence electrons. The minimum Gasteiger partial charge on any atom is -0.333 e. The van der Waals surface area contributed by atoms with Gasteiger partial charge in [-0.2, -0.15) is 0 Å². The van der Waals surface area contributed by atoms with Crippen molar-refractivity contribution >= 4 is 32.5 Å².